The minimum atomic E-state index is 0.664. The van der Waals surface area contributed by atoms with Crippen LogP contribution in [0.5, 0.6) is 11.5 Å². The molecule has 3 heterocycles. The number of hydrogen-bond acceptors (Lipinski definition) is 6. The molecule has 0 aliphatic rings. The predicted molar refractivity (Wildman–Crippen MR) is 101 cm³/mol. The van der Waals surface area contributed by atoms with E-state index < -0.39 is 0 Å². The molecule has 0 fully saturated rings. The van der Waals surface area contributed by atoms with Crippen molar-refractivity contribution in [3.63, 3.8) is 0 Å². The minimum absolute atomic E-state index is 0.664. The number of methoxy groups -OCH3 is 1. The summed E-state index contributed by atoms with van der Waals surface area (Å²) < 4.78 is 19.8. The number of rotatable bonds is 6. The first-order valence-electron chi connectivity index (χ1n) is 7.94. The Kier molecular flexibility index (Phi) is 4.39. The van der Waals surface area contributed by atoms with Crippen molar-refractivity contribution in [2.75, 3.05) is 13.7 Å². The topological polar surface area (TPSA) is 61.8 Å². The third-order valence-corrected chi connectivity index (χ3v) is 5.19. The van der Waals surface area contributed by atoms with Crippen molar-refractivity contribution in [3.05, 3.63) is 28.3 Å². The average Bonchev–Trinajstić information content (AvgIpc) is 3.26. The van der Waals surface area contributed by atoms with Crippen LogP contribution in [0, 0.1) is 0 Å². The molecule has 3 aromatic heterocycles. The summed E-state index contributed by atoms with van der Waals surface area (Å²) in [5, 5.41) is 5.23. The molecule has 0 atom stereocenters. The summed E-state index contributed by atoms with van der Waals surface area (Å²) in [6.45, 7) is 2.80. The maximum Gasteiger partial charge on any atom is 0.213 e. The van der Waals surface area contributed by atoms with E-state index >= 15 is 0 Å². The maximum atomic E-state index is 6.00. The number of fused-ring (bicyclic) bond motifs is 2. The molecule has 130 valence electrons. The van der Waals surface area contributed by atoms with Crippen molar-refractivity contribution in [1.82, 2.24) is 14.6 Å². The van der Waals surface area contributed by atoms with E-state index in [1.54, 1.807) is 11.6 Å². The molecule has 0 spiro atoms. The number of hydrogen-bond donors (Lipinski definition) is 0. The summed E-state index contributed by atoms with van der Waals surface area (Å²) in [4.78, 5) is 5.37. The highest BCUT2D eigenvalue weighted by atomic mass is 79.9. The number of unbranched alkanes of at least 4 members (excludes halogenated alkanes) is 1. The Labute approximate surface area is 156 Å². The fourth-order valence-electron chi connectivity index (χ4n) is 2.57. The summed E-state index contributed by atoms with van der Waals surface area (Å²) >= 11 is 4.83. The number of benzene rings is 1. The lowest BCUT2D eigenvalue weighted by atomic mass is 10.2. The molecule has 0 amide bonds. The van der Waals surface area contributed by atoms with Gasteiger partial charge in [-0.3, -0.25) is 0 Å². The highest BCUT2D eigenvalue weighted by Gasteiger charge is 2.16. The molecular formula is C17H16BrN3O3S. The van der Waals surface area contributed by atoms with E-state index in [4.69, 9.17) is 13.9 Å². The van der Waals surface area contributed by atoms with Crippen molar-refractivity contribution < 1.29 is 13.9 Å². The molecule has 0 N–H and O–H groups in total. The van der Waals surface area contributed by atoms with Crippen LogP contribution >= 0.6 is 27.3 Å². The van der Waals surface area contributed by atoms with Crippen molar-refractivity contribution in [3.8, 4) is 23.0 Å². The van der Waals surface area contributed by atoms with Gasteiger partial charge in [-0.1, -0.05) is 24.7 Å². The van der Waals surface area contributed by atoms with Gasteiger partial charge in [-0.25, -0.2) is 9.50 Å². The van der Waals surface area contributed by atoms with Crippen molar-refractivity contribution in [2.24, 2.45) is 0 Å². The van der Waals surface area contributed by atoms with E-state index in [1.165, 1.54) is 11.3 Å². The zero-order valence-corrected chi connectivity index (χ0v) is 16.2. The van der Waals surface area contributed by atoms with E-state index in [-0.39, 0.29) is 0 Å². The predicted octanol–water partition coefficient (Wildman–Crippen LogP) is 5.15. The zero-order valence-electron chi connectivity index (χ0n) is 13.8. The first kappa shape index (κ1) is 16.4. The van der Waals surface area contributed by atoms with Crippen molar-refractivity contribution in [1.29, 1.82) is 0 Å². The summed E-state index contributed by atoms with van der Waals surface area (Å²) in [7, 11) is 1.63. The second kappa shape index (κ2) is 6.68. The number of aromatic nitrogens is 3. The number of halogens is 1. The van der Waals surface area contributed by atoms with Crippen LogP contribution in [-0.4, -0.2) is 28.3 Å². The molecule has 0 aliphatic carbocycles. The summed E-state index contributed by atoms with van der Waals surface area (Å²) in [5.41, 5.74) is 1.45. The van der Waals surface area contributed by atoms with Gasteiger partial charge in [0.2, 0.25) is 4.96 Å². The molecule has 25 heavy (non-hydrogen) atoms. The Balaban J connectivity index is 1.77. The minimum Gasteiger partial charge on any atom is -0.496 e. The first-order valence-corrected chi connectivity index (χ1v) is 9.55. The van der Waals surface area contributed by atoms with Gasteiger partial charge in [0.25, 0.3) is 0 Å². The van der Waals surface area contributed by atoms with E-state index in [9.17, 15) is 0 Å². The van der Waals surface area contributed by atoms with Gasteiger partial charge in [-0.05, 0) is 28.4 Å². The fourth-order valence-corrected chi connectivity index (χ4v) is 3.78. The van der Waals surface area contributed by atoms with Crippen LogP contribution in [0.2, 0.25) is 0 Å². The fraction of sp³-hybridized carbons (Fsp3) is 0.294. The highest BCUT2D eigenvalue weighted by molar-refractivity contribution is 9.11. The third kappa shape index (κ3) is 3.11. The Morgan fingerprint density at radius 1 is 1.32 bits per heavy atom. The molecule has 0 bridgehead atoms. The normalized spacial score (nSPS) is 11.5. The van der Waals surface area contributed by atoms with Crippen LogP contribution in [0.15, 0.2) is 32.7 Å². The molecule has 4 aromatic rings. The van der Waals surface area contributed by atoms with Crippen LogP contribution in [0.3, 0.4) is 0 Å². The number of furan rings is 1. The molecule has 4 rings (SSSR count). The van der Waals surface area contributed by atoms with Gasteiger partial charge >= 0.3 is 0 Å². The van der Waals surface area contributed by atoms with Crippen molar-refractivity contribution in [2.45, 2.75) is 19.8 Å². The Hall–Kier alpha value is -2.06. The highest BCUT2D eigenvalue weighted by Crippen LogP contribution is 2.37. The van der Waals surface area contributed by atoms with Crippen LogP contribution < -0.4 is 9.47 Å². The summed E-state index contributed by atoms with van der Waals surface area (Å²) in [6, 6.07) is 5.71. The number of ether oxygens (including phenoxy) is 2. The third-order valence-electron chi connectivity index (χ3n) is 3.84. The SMILES string of the molecule is CCCCOc1cc(OC)cc2oc(-c3cn4nc(Br)sc4n3)cc12. The van der Waals surface area contributed by atoms with Gasteiger partial charge in [-0.15, -0.1) is 5.10 Å². The van der Waals surface area contributed by atoms with Crippen LogP contribution in [0.1, 0.15) is 19.8 Å². The number of imidazole rings is 1. The zero-order chi connectivity index (χ0) is 17.4. The average molecular weight is 422 g/mol. The first-order chi connectivity index (χ1) is 12.2. The lowest BCUT2D eigenvalue weighted by molar-refractivity contribution is 0.310. The molecule has 0 unspecified atom stereocenters. The lowest BCUT2D eigenvalue weighted by Crippen LogP contribution is -1.97. The molecule has 8 heteroatoms. The van der Waals surface area contributed by atoms with E-state index in [0.29, 0.717) is 23.7 Å². The van der Waals surface area contributed by atoms with Gasteiger partial charge in [-0.2, -0.15) is 0 Å². The molecule has 1 aromatic carbocycles. The smallest absolute Gasteiger partial charge is 0.213 e. The maximum absolute atomic E-state index is 6.00. The van der Waals surface area contributed by atoms with E-state index in [2.05, 4.69) is 32.9 Å². The monoisotopic (exact) mass is 421 g/mol. The second-order valence-electron chi connectivity index (χ2n) is 5.56. The Morgan fingerprint density at radius 3 is 2.96 bits per heavy atom. The van der Waals surface area contributed by atoms with Gasteiger partial charge in [0.05, 0.1) is 25.3 Å². The summed E-state index contributed by atoms with van der Waals surface area (Å²) in [6.07, 6.45) is 3.93. The molecule has 0 aliphatic heterocycles. The largest absolute Gasteiger partial charge is 0.496 e. The molecule has 0 saturated heterocycles. The Morgan fingerprint density at radius 2 is 2.20 bits per heavy atom. The Bertz CT molecular complexity index is 1010. The van der Waals surface area contributed by atoms with E-state index in [0.717, 1.165) is 38.5 Å². The van der Waals surface area contributed by atoms with Crippen LogP contribution in [0.4, 0.5) is 0 Å². The summed E-state index contributed by atoms with van der Waals surface area (Å²) in [5.74, 6) is 2.15. The molecule has 6 nitrogen and oxygen atoms in total. The van der Waals surface area contributed by atoms with Crippen LogP contribution in [0.25, 0.3) is 27.4 Å². The number of nitrogens with zero attached hydrogens (tertiary/aromatic N) is 3. The second-order valence-corrected chi connectivity index (χ2v) is 7.79. The van der Waals surface area contributed by atoms with E-state index in [1.807, 2.05) is 24.4 Å². The van der Waals surface area contributed by atoms with Gasteiger partial charge in [0, 0.05) is 12.1 Å². The van der Waals surface area contributed by atoms with Crippen LogP contribution in [-0.2, 0) is 0 Å². The standard InChI is InChI=1S/C17H16BrN3O3S/c1-3-4-5-23-13-6-10(22-2)7-14-11(13)8-15(24-14)12-9-21-17(19-12)25-16(18)20-21/h6-9H,3-5H2,1-2H3. The molecule has 0 radical (unpaired) electrons. The lowest BCUT2D eigenvalue weighted by Gasteiger charge is -2.08. The molecule has 0 saturated carbocycles. The molecular weight excluding hydrogens is 406 g/mol. The van der Waals surface area contributed by atoms with Gasteiger partial charge in [0.1, 0.15) is 22.8 Å². The quantitative estimate of drug-likeness (QED) is 0.402. The van der Waals surface area contributed by atoms with Crippen molar-refractivity contribution >= 4 is 43.2 Å². The van der Waals surface area contributed by atoms with Gasteiger partial charge < -0.3 is 13.9 Å². The van der Waals surface area contributed by atoms with Gasteiger partial charge in [0.15, 0.2) is 9.68 Å².